The van der Waals surface area contributed by atoms with Crippen molar-refractivity contribution >= 4 is 0 Å². The normalized spacial score (nSPS) is 26.8. The zero-order valence-electron chi connectivity index (χ0n) is 10.1. The van der Waals surface area contributed by atoms with Crippen LogP contribution in [-0.4, -0.2) is 49.2 Å². The molecule has 8 N–H and O–H groups in total. The van der Waals surface area contributed by atoms with Gasteiger partial charge in [-0.1, -0.05) is 0 Å². The zero-order valence-corrected chi connectivity index (χ0v) is 10.1. The standard InChI is InChI=1S/C10H24N4.H3N/c1-8(12)9(2)14-6-5-13-7-10(14)3-4-11;/h8-10,13H,3-7,11-12H2,1-2H3;1H3. The molecule has 0 amide bonds. The lowest BCUT2D eigenvalue weighted by Gasteiger charge is -2.41. The van der Waals surface area contributed by atoms with Crippen LogP contribution in [0.1, 0.15) is 20.3 Å². The first kappa shape index (κ1) is 14.8. The van der Waals surface area contributed by atoms with E-state index in [0.717, 1.165) is 32.6 Å². The third-order valence-electron chi connectivity index (χ3n) is 3.18. The predicted octanol–water partition coefficient (Wildman–Crippen LogP) is -0.493. The van der Waals surface area contributed by atoms with Crippen LogP contribution in [-0.2, 0) is 0 Å². The molecule has 1 heterocycles. The van der Waals surface area contributed by atoms with Crippen LogP contribution in [0.5, 0.6) is 0 Å². The Balaban J connectivity index is 0.00000196. The van der Waals surface area contributed by atoms with Gasteiger partial charge in [0.05, 0.1) is 0 Å². The Hall–Kier alpha value is -0.200. The third-order valence-corrected chi connectivity index (χ3v) is 3.18. The topological polar surface area (TPSA) is 102 Å². The molecule has 1 saturated heterocycles. The fourth-order valence-corrected chi connectivity index (χ4v) is 2.08. The second-order valence-corrected chi connectivity index (χ2v) is 4.27. The molecule has 0 aromatic rings. The number of hydrogen-bond donors (Lipinski definition) is 4. The Morgan fingerprint density at radius 3 is 2.67 bits per heavy atom. The maximum Gasteiger partial charge on any atom is 0.0236 e. The Morgan fingerprint density at radius 2 is 2.13 bits per heavy atom. The van der Waals surface area contributed by atoms with Crippen molar-refractivity contribution in [3.05, 3.63) is 0 Å². The average Bonchev–Trinajstić information content (AvgIpc) is 2.18. The van der Waals surface area contributed by atoms with Crippen molar-refractivity contribution in [1.29, 1.82) is 0 Å². The molecule has 3 atom stereocenters. The fourth-order valence-electron chi connectivity index (χ4n) is 2.08. The van der Waals surface area contributed by atoms with Crippen LogP contribution in [0.4, 0.5) is 0 Å². The van der Waals surface area contributed by atoms with E-state index in [1.807, 2.05) is 0 Å². The van der Waals surface area contributed by atoms with E-state index in [4.69, 9.17) is 11.5 Å². The molecule has 1 rings (SSSR count). The Labute approximate surface area is 93.1 Å². The first-order valence-corrected chi connectivity index (χ1v) is 5.59. The lowest BCUT2D eigenvalue weighted by Crippen LogP contribution is -2.58. The van der Waals surface area contributed by atoms with Gasteiger partial charge in [-0.2, -0.15) is 0 Å². The summed E-state index contributed by atoms with van der Waals surface area (Å²) in [4.78, 5) is 2.49. The van der Waals surface area contributed by atoms with E-state index in [0.29, 0.717) is 12.1 Å². The highest BCUT2D eigenvalue weighted by molar-refractivity contribution is 4.86. The Bertz CT molecular complexity index is 160. The summed E-state index contributed by atoms with van der Waals surface area (Å²) in [5.41, 5.74) is 11.5. The van der Waals surface area contributed by atoms with Gasteiger partial charge in [0, 0.05) is 37.8 Å². The lowest BCUT2D eigenvalue weighted by atomic mass is 10.0. The van der Waals surface area contributed by atoms with Gasteiger partial charge in [0.25, 0.3) is 0 Å². The number of rotatable bonds is 4. The summed E-state index contributed by atoms with van der Waals surface area (Å²) >= 11 is 0. The van der Waals surface area contributed by atoms with E-state index in [2.05, 4.69) is 24.1 Å². The summed E-state index contributed by atoms with van der Waals surface area (Å²) in [5.74, 6) is 0. The lowest BCUT2D eigenvalue weighted by molar-refractivity contribution is 0.0985. The summed E-state index contributed by atoms with van der Waals surface area (Å²) in [6, 6.07) is 1.25. The SMILES string of the molecule is CC(N)C(C)N1CCNCC1CCN.N. The summed E-state index contributed by atoms with van der Waals surface area (Å²) in [6.45, 7) is 8.25. The molecule has 3 unspecified atom stereocenters. The first-order chi connectivity index (χ1) is 6.66. The molecule has 1 aliphatic heterocycles. The first-order valence-electron chi connectivity index (χ1n) is 5.59. The van der Waals surface area contributed by atoms with Gasteiger partial charge in [-0.3, -0.25) is 4.90 Å². The molecule has 0 aromatic heterocycles. The van der Waals surface area contributed by atoms with Crippen molar-refractivity contribution in [3.63, 3.8) is 0 Å². The minimum Gasteiger partial charge on any atom is -0.344 e. The van der Waals surface area contributed by atoms with Gasteiger partial charge < -0.3 is 22.9 Å². The predicted molar refractivity (Wildman–Crippen MR) is 65.2 cm³/mol. The van der Waals surface area contributed by atoms with Crippen molar-refractivity contribution in [3.8, 4) is 0 Å². The highest BCUT2D eigenvalue weighted by atomic mass is 15.2. The van der Waals surface area contributed by atoms with Gasteiger partial charge in [-0.15, -0.1) is 0 Å². The molecular formula is C10H27N5. The van der Waals surface area contributed by atoms with Crippen LogP contribution >= 0.6 is 0 Å². The van der Waals surface area contributed by atoms with Crippen molar-refractivity contribution < 1.29 is 0 Å². The Kier molecular flexibility index (Phi) is 7.04. The zero-order chi connectivity index (χ0) is 10.6. The quantitative estimate of drug-likeness (QED) is 0.509. The third kappa shape index (κ3) is 4.04. The minimum absolute atomic E-state index is 0. The highest BCUT2D eigenvalue weighted by Gasteiger charge is 2.27. The van der Waals surface area contributed by atoms with E-state index < -0.39 is 0 Å². The van der Waals surface area contributed by atoms with E-state index in [-0.39, 0.29) is 12.2 Å². The second kappa shape index (κ2) is 7.14. The van der Waals surface area contributed by atoms with Crippen LogP contribution in [0.3, 0.4) is 0 Å². The van der Waals surface area contributed by atoms with E-state index in [9.17, 15) is 0 Å². The van der Waals surface area contributed by atoms with Crippen molar-refractivity contribution in [2.45, 2.75) is 38.4 Å². The maximum atomic E-state index is 5.93. The van der Waals surface area contributed by atoms with Crippen LogP contribution in [0.2, 0.25) is 0 Å². The summed E-state index contributed by atoms with van der Waals surface area (Å²) in [5, 5.41) is 3.41. The number of piperazine rings is 1. The van der Waals surface area contributed by atoms with Crippen molar-refractivity contribution in [2.24, 2.45) is 11.5 Å². The van der Waals surface area contributed by atoms with Crippen LogP contribution < -0.4 is 22.9 Å². The summed E-state index contributed by atoms with van der Waals surface area (Å²) in [6.07, 6.45) is 1.06. The minimum atomic E-state index is 0. The monoisotopic (exact) mass is 217 g/mol. The second-order valence-electron chi connectivity index (χ2n) is 4.27. The largest absolute Gasteiger partial charge is 0.344 e. The van der Waals surface area contributed by atoms with Crippen molar-refractivity contribution in [1.82, 2.24) is 16.4 Å². The van der Waals surface area contributed by atoms with Gasteiger partial charge in [0.15, 0.2) is 0 Å². The van der Waals surface area contributed by atoms with Crippen molar-refractivity contribution in [2.75, 3.05) is 26.2 Å². The molecule has 1 fully saturated rings. The van der Waals surface area contributed by atoms with E-state index in [1.165, 1.54) is 0 Å². The number of hydrogen-bond acceptors (Lipinski definition) is 5. The number of nitrogens with zero attached hydrogens (tertiary/aromatic N) is 1. The van der Waals surface area contributed by atoms with E-state index >= 15 is 0 Å². The maximum absolute atomic E-state index is 5.93. The molecule has 0 aromatic carbocycles. The van der Waals surface area contributed by atoms with Gasteiger partial charge in [0.1, 0.15) is 0 Å². The van der Waals surface area contributed by atoms with Crippen LogP contribution in [0.25, 0.3) is 0 Å². The van der Waals surface area contributed by atoms with Gasteiger partial charge in [-0.05, 0) is 26.8 Å². The van der Waals surface area contributed by atoms with Gasteiger partial charge in [0.2, 0.25) is 0 Å². The van der Waals surface area contributed by atoms with Crippen LogP contribution in [0.15, 0.2) is 0 Å². The summed E-state index contributed by atoms with van der Waals surface area (Å²) < 4.78 is 0. The van der Waals surface area contributed by atoms with Gasteiger partial charge in [-0.25, -0.2) is 0 Å². The number of nitrogens with one attached hydrogen (secondary N) is 1. The molecule has 0 spiro atoms. The van der Waals surface area contributed by atoms with Crippen LogP contribution in [0, 0.1) is 0 Å². The molecule has 0 bridgehead atoms. The molecule has 92 valence electrons. The molecule has 0 radical (unpaired) electrons. The van der Waals surface area contributed by atoms with Gasteiger partial charge >= 0.3 is 0 Å². The number of nitrogens with two attached hydrogens (primary N) is 2. The molecular weight excluding hydrogens is 190 g/mol. The molecule has 0 saturated carbocycles. The smallest absolute Gasteiger partial charge is 0.0236 e. The summed E-state index contributed by atoms with van der Waals surface area (Å²) in [7, 11) is 0. The van der Waals surface area contributed by atoms with E-state index in [1.54, 1.807) is 0 Å². The molecule has 0 aliphatic carbocycles. The highest BCUT2D eigenvalue weighted by Crippen LogP contribution is 2.12. The fraction of sp³-hybridized carbons (Fsp3) is 1.00. The molecule has 5 nitrogen and oxygen atoms in total. The molecule has 15 heavy (non-hydrogen) atoms. The Morgan fingerprint density at radius 1 is 1.47 bits per heavy atom. The average molecular weight is 217 g/mol. The molecule has 1 aliphatic rings. The molecule has 5 heteroatoms.